The molecule has 1 atom stereocenters. The smallest absolute Gasteiger partial charge is 0.325 e. The first-order valence-electron chi connectivity index (χ1n) is 8.78. The highest BCUT2D eigenvalue weighted by Crippen LogP contribution is 2.19. The Morgan fingerprint density at radius 3 is 2.42 bits per heavy atom. The largest absolute Gasteiger partial charge is 0.480 e. The van der Waals surface area contributed by atoms with Crippen molar-refractivity contribution in [2.45, 2.75) is 64.3 Å². The van der Waals surface area contributed by atoms with Gasteiger partial charge < -0.3 is 10.4 Å². The van der Waals surface area contributed by atoms with E-state index in [9.17, 15) is 9.59 Å². The molecule has 0 aliphatic carbocycles. The Labute approximate surface area is 145 Å². The SMILES string of the molecule is C=CCCCCCCCCC(=O)c1ccccc1NC(C)C(=O)O. The highest BCUT2D eigenvalue weighted by molar-refractivity contribution is 6.01. The fraction of sp³-hybridized carbons (Fsp3) is 0.500. The van der Waals surface area contributed by atoms with Gasteiger partial charge in [-0.3, -0.25) is 9.59 Å². The zero-order valence-electron chi connectivity index (χ0n) is 14.6. The molecule has 0 saturated heterocycles. The number of aliphatic carboxylic acids is 1. The van der Waals surface area contributed by atoms with E-state index >= 15 is 0 Å². The summed E-state index contributed by atoms with van der Waals surface area (Å²) in [5, 5.41) is 11.9. The first kappa shape index (κ1) is 19.9. The first-order valence-corrected chi connectivity index (χ1v) is 8.78. The highest BCUT2D eigenvalue weighted by Gasteiger charge is 2.15. The van der Waals surface area contributed by atoms with Crippen LogP contribution in [-0.4, -0.2) is 22.9 Å². The molecule has 4 heteroatoms. The van der Waals surface area contributed by atoms with Crippen LogP contribution >= 0.6 is 0 Å². The standard InChI is InChI=1S/C20H29NO3/c1-3-4-5-6-7-8-9-10-15-19(22)17-13-11-12-14-18(17)21-16(2)20(23)24/h3,11-14,16,21H,1,4-10,15H2,2H3,(H,23,24). The Kier molecular flexibility index (Phi) is 9.51. The maximum absolute atomic E-state index is 12.4. The topological polar surface area (TPSA) is 66.4 Å². The number of ketones is 1. The maximum Gasteiger partial charge on any atom is 0.325 e. The van der Waals surface area contributed by atoms with E-state index in [0.717, 1.165) is 25.7 Å². The van der Waals surface area contributed by atoms with Gasteiger partial charge >= 0.3 is 5.97 Å². The Balaban J connectivity index is 2.39. The predicted octanol–water partition coefficient (Wildman–Crippen LogP) is 5.06. The van der Waals surface area contributed by atoms with Gasteiger partial charge in [0.15, 0.2) is 5.78 Å². The quantitative estimate of drug-likeness (QED) is 0.301. The van der Waals surface area contributed by atoms with E-state index in [-0.39, 0.29) is 5.78 Å². The van der Waals surface area contributed by atoms with Gasteiger partial charge in [-0.1, -0.05) is 43.9 Å². The molecule has 1 aromatic rings. The Morgan fingerprint density at radius 1 is 1.12 bits per heavy atom. The van der Waals surface area contributed by atoms with Crippen molar-refractivity contribution in [2.24, 2.45) is 0 Å². The van der Waals surface area contributed by atoms with Crippen molar-refractivity contribution in [3.8, 4) is 0 Å². The second-order valence-corrected chi connectivity index (χ2v) is 6.12. The van der Waals surface area contributed by atoms with E-state index < -0.39 is 12.0 Å². The zero-order chi connectivity index (χ0) is 17.8. The lowest BCUT2D eigenvalue weighted by Gasteiger charge is -2.14. The van der Waals surface area contributed by atoms with Crippen molar-refractivity contribution in [1.29, 1.82) is 0 Å². The monoisotopic (exact) mass is 331 g/mol. The van der Waals surface area contributed by atoms with Gasteiger partial charge in [-0.15, -0.1) is 6.58 Å². The number of rotatable bonds is 13. The molecule has 0 saturated carbocycles. The molecule has 1 aromatic carbocycles. The second-order valence-electron chi connectivity index (χ2n) is 6.12. The van der Waals surface area contributed by atoms with E-state index in [0.29, 0.717) is 17.7 Å². The lowest BCUT2D eigenvalue weighted by atomic mass is 10.0. The van der Waals surface area contributed by atoms with Gasteiger partial charge in [0.2, 0.25) is 0 Å². The number of hydrogen-bond donors (Lipinski definition) is 2. The van der Waals surface area contributed by atoms with Crippen LogP contribution in [0.1, 0.15) is 68.6 Å². The molecule has 0 spiro atoms. The van der Waals surface area contributed by atoms with Gasteiger partial charge in [-0.2, -0.15) is 0 Å². The van der Waals surface area contributed by atoms with Crippen molar-refractivity contribution in [2.75, 3.05) is 5.32 Å². The number of hydrogen-bond acceptors (Lipinski definition) is 3. The fourth-order valence-electron chi connectivity index (χ4n) is 2.56. The molecule has 0 bridgehead atoms. The van der Waals surface area contributed by atoms with Crippen LogP contribution in [0.3, 0.4) is 0 Å². The van der Waals surface area contributed by atoms with E-state index in [4.69, 9.17) is 5.11 Å². The molecular formula is C20H29NO3. The number of anilines is 1. The molecule has 0 aliphatic rings. The third-order valence-corrected chi connectivity index (χ3v) is 4.03. The molecule has 132 valence electrons. The van der Waals surface area contributed by atoms with Crippen LogP contribution in [0.2, 0.25) is 0 Å². The van der Waals surface area contributed by atoms with Gasteiger partial charge in [-0.25, -0.2) is 0 Å². The summed E-state index contributed by atoms with van der Waals surface area (Å²) < 4.78 is 0. The van der Waals surface area contributed by atoms with Crippen molar-refractivity contribution in [1.82, 2.24) is 0 Å². The molecule has 4 nitrogen and oxygen atoms in total. The number of carboxylic acids is 1. The molecule has 24 heavy (non-hydrogen) atoms. The van der Waals surface area contributed by atoms with E-state index in [2.05, 4.69) is 11.9 Å². The Hall–Kier alpha value is -2.10. The normalized spacial score (nSPS) is 11.7. The number of para-hydroxylation sites is 1. The van der Waals surface area contributed by atoms with Gasteiger partial charge in [0, 0.05) is 17.7 Å². The average molecular weight is 331 g/mol. The van der Waals surface area contributed by atoms with Gasteiger partial charge in [0.1, 0.15) is 6.04 Å². The summed E-state index contributed by atoms with van der Waals surface area (Å²) in [6, 6.07) is 6.40. The molecular weight excluding hydrogens is 302 g/mol. The zero-order valence-corrected chi connectivity index (χ0v) is 14.6. The molecule has 0 fully saturated rings. The van der Waals surface area contributed by atoms with E-state index in [1.165, 1.54) is 19.3 Å². The van der Waals surface area contributed by atoms with Crippen molar-refractivity contribution < 1.29 is 14.7 Å². The summed E-state index contributed by atoms with van der Waals surface area (Å²) in [6.07, 6.45) is 10.3. The number of benzene rings is 1. The third kappa shape index (κ3) is 7.44. The van der Waals surface area contributed by atoms with Gasteiger partial charge in [-0.05, 0) is 38.3 Å². The van der Waals surface area contributed by atoms with E-state index in [1.807, 2.05) is 12.1 Å². The predicted molar refractivity (Wildman–Crippen MR) is 98.6 cm³/mol. The molecule has 0 heterocycles. The van der Waals surface area contributed by atoms with Crippen molar-refractivity contribution >= 4 is 17.4 Å². The summed E-state index contributed by atoms with van der Waals surface area (Å²) in [6.45, 7) is 5.28. The Bertz CT molecular complexity index is 539. The van der Waals surface area contributed by atoms with Crippen LogP contribution in [0, 0.1) is 0 Å². The number of nitrogens with one attached hydrogen (secondary N) is 1. The summed E-state index contributed by atoms with van der Waals surface area (Å²) >= 11 is 0. The number of carbonyl (C=O) groups is 2. The summed E-state index contributed by atoms with van der Waals surface area (Å²) in [4.78, 5) is 23.4. The Morgan fingerprint density at radius 2 is 1.75 bits per heavy atom. The minimum absolute atomic E-state index is 0.0716. The van der Waals surface area contributed by atoms with Crippen LogP contribution in [0.4, 0.5) is 5.69 Å². The fourth-order valence-corrected chi connectivity index (χ4v) is 2.56. The average Bonchev–Trinajstić information content (AvgIpc) is 2.57. The number of carboxylic acid groups (broad SMARTS) is 1. The van der Waals surface area contributed by atoms with Crippen molar-refractivity contribution in [3.05, 3.63) is 42.5 Å². The summed E-state index contributed by atoms with van der Waals surface area (Å²) in [5.41, 5.74) is 1.18. The third-order valence-electron chi connectivity index (χ3n) is 4.03. The summed E-state index contributed by atoms with van der Waals surface area (Å²) in [7, 11) is 0. The van der Waals surface area contributed by atoms with Crippen LogP contribution in [-0.2, 0) is 4.79 Å². The number of Topliss-reactive ketones (excluding diaryl/α,β-unsaturated/α-hetero) is 1. The van der Waals surface area contributed by atoms with Gasteiger partial charge in [0.25, 0.3) is 0 Å². The van der Waals surface area contributed by atoms with Crippen LogP contribution in [0.15, 0.2) is 36.9 Å². The maximum atomic E-state index is 12.4. The molecule has 0 amide bonds. The lowest BCUT2D eigenvalue weighted by molar-refractivity contribution is -0.137. The highest BCUT2D eigenvalue weighted by atomic mass is 16.4. The molecule has 0 aliphatic heterocycles. The van der Waals surface area contributed by atoms with Crippen molar-refractivity contribution in [3.63, 3.8) is 0 Å². The van der Waals surface area contributed by atoms with Crippen LogP contribution in [0.25, 0.3) is 0 Å². The molecule has 0 aromatic heterocycles. The molecule has 2 N–H and O–H groups in total. The number of carbonyl (C=O) groups excluding carboxylic acids is 1. The lowest BCUT2D eigenvalue weighted by Crippen LogP contribution is -2.26. The second kappa shape index (κ2) is 11.4. The molecule has 1 rings (SSSR count). The first-order chi connectivity index (χ1) is 11.6. The minimum Gasteiger partial charge on any atom is -0.480 e. The summed E-state index contributed by atoms with van der Waals surface area (Å²) in [5.74, 6) is -0.865. The van der Waals surface area contributed by atoms with Crippen LogP contribution < -0.4 is 5.32 Å². The van der Waals surface area contributed by atoms with Gasteiger partial charge in [0.05, 0.1) is 0 Å². The molecule has 1 unspecified atom stereocenters. The molecule has 0 radical (unpaired) electrons. The van der Waals surface area contributed by atoms with E-state index in [1.54, 1.807) is 25.1 Å². The number of allylic oxidation sites excluding steroid dienone is 1. The number of unbranched alkanes of at least 4 members (excludes halogenated alkanes) is 6. The minimum atomic E-state index is -0.936. The van der Waals surface area contributed by atoms with Crippen LogP contribution in [0.5, 0.6) is 0 Å².